The molecule has 0 amide bonds. The summed E-state index contributed by atoms with van der Waals surface area (Å²) in [4.78, 5) is 2.50. The molecule has 2 nitrogen and oxygen atoms in total. The predicted molar refractivity (Wildman–Crippen MR) is 89.8 cm³/mol. The Balaban J connectivity index is 2.18. The molecule has 1 aromatic rings. The van der Waals surface area contributed by atoms with E-state index >= 15 is 0 Å². The van der Waals surface area contributed by atoms with Crippen molar-refractivity contribution in [3.8, 4) is 0 Å². The Bertz CT molecular complexity index is 508. The average molecular weight is 357 g/mol. The highest BCUT2D eigenvalue weighted by molar-refractivity contribution is 9.10. The maximum atomic E-state index is 13.2. The maximum Gasteiger partial charge on any atom is 0.124 e. The van der Waals surface area contributed by atoms with Crippen LogP contribution in [-0.2, 0) is 6.54 Å². The summed E-state index contributed by atoms with van der Waals surface area (Å²) in [5, 5.41) is 3.68. The standard InChI is InChI=1S/C17H26BrFN2/c1-16(2,3)15-10-21(17(4,5)11-20-15)9-12-6-7-13(19)8-14(12)18/h6-8,15,20H,9-11H2,1-5H3. The minimum Gasteiger partial charge on any atom is -0.310 e. The Morgan fingerprint density at radius 2 is 2.05 bits per heavy atom. The van der Waals surface area contributed by atoms with Crippen LogP contribution in [0.3, 0.4) is 0 Å². The molecule has 0 radical (unpaired) electrons. The Kier molecular flexibility index (Phi) is 4.81. The number of hydrogen-bond acceptors (Lipinski definition) is 2. The van der Waals surface area contributed by atoms with Crippen LogP contribution in [0.15, 0.2) is 22.7 Å². The smallest absolute Gasteiger partial charge is 0.124 e. The zero-order valence-corrected chi connectivity index (χ0v) is 15.2. The highest BCUT2D eigenvalue weighted by Gasteiger charge is 2.38. The summed E-state index contributed by atoms with van der Waals surface area (Å²) in [7, 11) is 0. The van der Waals surface area contributed by atoms with Crippen molar-refractivity contribution in [1.82, 2.24) is 10.2 Å². The monoisotopic (exact) mass is 356 g/mol. The molecule has 0 aliphatic carbocycles. The second-order valence-corrected chi connectivity index (χ2v) is 8.58. The van der Waals surface area contributed by atoms with Gasteiger partial charge in [0.25, 0.3) is 0 Å². The van der Waals surface area contributed by atoms with Crippen molar-refractivity contribution in [3.05, 3.63) is 34.1 Å². The first kappa shape index (κ1) is 16.9. The molecule has 1 aliphatic rings. The van der Waals surface area contributed by atoms with Crippen molar-refractivity contribution in [2.45, 2.75) is 52.7 Å². The van der Waals surface area contributed by atoms with Crippen LogP contribution in [0.2, 0.25) is 0 Å². The summed E-state index contributed by atoms with van der Waals surface area (Å²) < 4.78 is 14.1. The highest BCUT2D eigenvalue weighted by atomic mass is 79.9. The van der Waals surface area contributed by atoms with Crippen molar-refractivity contribution in [3.63, 3.8) is 0 Å². The molecule has 118 valence electrons. The minimum atomic E-state index is -0.197. The first-order valence-corrected chi connectivity index (χ1v) is 8.31. The second kappa shape index (κ2) is 5.98. The van der Waals surface area contributed by atoms with Crippen LogP contribution in [0, 0.1) is 11.2 Å². The largest absolute Gasteiger partial charge is 0.310 e. The Labute approximate surface area is 136 Å². The van der Waals surface area contributed by atoms with Gasteiger partial charge in [0.05, 0.1) is 0 Å². The lowest BCUT2D eigenvalue weighted by molar-refractivity contribution is 0.0294. The van der Waals surface area contributed by atoms with E-state index in [1.54, 1.807) is 6.07 Å². The van der Waals surface area contributed by atoms with Gasteiger partial charge in [-0.15, -0.1) is 0 Å². The Morgan fingerprint density at radius 1 is 1.38 bits per heavy atom. The quantitative estimate of drug-likeness (QED) is 0.854. The van der Waals surface area contributed by atoms with Gasteiger partial charge in [-0.2, -0.15) is 0 Å². The van der Waals surface area contributed by atoms with E-state index in [0.717, 1.165) is 29.7 Å². The normalized spacial score (nSPS) is 23.3. The van der Waals surface area contributed by atoms with Crippen molar-refractivity contribution in [1.29, 1.82) is 0 Å². The van der Waals surface area contributed by atoms with Gasteiger partial charge in [0.2, 0.25) is 0 Å². The molecule has 1 N–H and O–H groups in total. The molecule has 1 atom stereocenters. The Morgan fingerprint density at radius 3 is 2.62 bits per heavy atom. The summed E-state index contributed by atoms with van der Waals surface area (Å²) >= 11 is 3.48. The van der Waals surface area contributed by atoms with Crippen molar-refractivity contribution in [2.24, 2.45) is 5.41 Å². The molecule has 1 fully saturated rings. The molecule has 0 spiro atoms. The van der Waals surface area contributed by atoms with Crippen molar-refractivity contribution < 1.29 is 4.39 Å². The number of piperazine rings is 1. The van der Waals surface area contributed by atoms with Gasteiger partial charge in [-0.05, 0) is 37.0 Å². The number of nitrogens with one attached hydrogen (secondary N) is 1. The van der Waals surface area contributed by atoms with Gasteiger partial charge >= 0.3 is 0 Å². The first-order valence-electron chi connectivity index (χ1n) is 7.52. The van der Waals surface area contributed by atoms with Gasteiger partial charge in [-0.1, -0.05) is 42.8 Å². The SMILES string of the molecule is CC(C)(C)C1CN(Cc2ccc(F)cc2Br)C(C)(C)CN1. The number of hydrogen-bond donors (Lipinski definition) is 1. The van der Waals surface area contributed by atoms with Gasteiger partial charge in [0, 0.05) is 35.7 Å². The molecule has 1 unspecified atom stereocenters. The van der Waals surface area contributed by atoms with Crippen LogP contribution in [0.25, 0.3) is 0 Å². The van der Waals surface area contributed by atoms with Crippen molar-refractivity contribution >= 4 is 15.9 Å². The van der Waals surface area contributed by atoms with Crippen LogP contribution in [0.1, 0.15) is 40.2 Å². The number of halogens is 2. The Hall–Kier alpha value is -0.450. The minimum absolute atomic E-state index is 0.0928. The van der Waals surface area contributed by atoms with Gasteiger partial charge in [-0.3, -0.25) is 4.90 Å². The third-order valence-corrected chi connectivity index (χ3v) is 5.20. The predicted octanol–water partition coefficient (Wildman–Crippen LogP) is 4.19. The first-order chi connectivity index (χ1) is 9.59. The number of nitrogens with zero attached hydrogens (tertiary/aromatic N) is 1. The van der Waals surface area contributed by atoms with E-state index in [1.807, 2.05) is 6.07 Å². The molecule has 1 heterocycles. The van der Waals surface area contributed by atoms with E-state index in [1.165, 1.54) is 6.07 Å². The van der Waals surface area contributed by atoms with Gasteiger partial charge in [0.15, 0.2) is 0 Å². The molecular weight excluding hydrogens is 331 g/mol. The fourth-order valence-corrected chi connectivity index (χ4v) is 3.21. The van der Waals surface area contributed by atoms with E-state index in [0.29, 0.717) is 6.04 Å². The fourth-order valence-electron chi connectivity index (χ4n) is 2.73. The molecule has 0 aromatic heterocycles. The van der Waals surface area contributed by atoms with Crippen molar-refractivity contribution in [2.75, 3.05) is 13.1 Å². The molecule has 0 saturated carbocycles. The highest BCUT2D eigenvalue weighted by Crippen LogP contribution is 2.30. The lowest BCUT2D eigenvalue weighted by Gasteiger charge is -2.49. The topological polar surface area (TPSA) is 15.3 Å². The molecule has 1 aromatic carbocycles. The maximum absolute atomic E-state index is 13.2. The average Bonchev–Trinajstić information content (AvgIpc) is 2.33. The van der Waals surface area contributed by atoms with E-state index in [9.17, 15) is 4.39 Å². The zero-order valence-electron chi connectivity index (χ0n) is 13.6. The van der Waals surface area contributed by atoms with Crippen LogP contribution in [0.5, 0.6) is 0 Å². The summed E-state index contributed by atoms with van der Waals surface area (Å²) in [6, 6.07) is 5.43. The zero-order chi connectivity index (χ0) is 15.8. The van der Waals surface area contributed by atoms with E-state index in [-0.39, 0.29) is 16.8 Å². The lowest BCUT2D eigenvalue weighted by atomic mass is 9.82. The summed E-state index contributed by atoms with van der Waals surface area (Å²) in [6.07, 6.45) is 0. The van der Waals surface area contributed by atoms with Crippen LogP contribution >= 0.6 is 15.9 Å². The molecule has 1 saturated heterocycles. The summed E-state index contributed by atoms with van der Waals surface area (Å²) in [5.74, 6) is -0.197. The van der Waals surface area contributed by atoms with Gasteiger partial charge in [0.1, 0.15) is 5.82 Å². The number of rotatable bonds is 2. The van der Waals surface area contributed by atoms with E-state index in [2.05, 4.69) is 60.8 Å². The van der Waals surface area contributed by atoms with Gasteiger partial charge < -0.3 is 5.32 Å². The molecular formula is C17H26BrFN2. The number of benzene rings is 1. The van der Waals surface area contributed by atoms with E-state index in [4.69, 9.17) is 0 Å². The molecule has 2 rings (SSSR count). The third-order valence-electron chi connectivity index (χ3n) is 4.46. The second-order valence-electron chi connectivity index (χ2n) is 7.73. The summed E-state index contributed by atoms with van der Waals surface area (Å²) in [5.41, 5.74) is 1.46. The summed E-state index contributed by atoms with van der Waals surface area (Å²) in [6.45, 7) is 14.1. The molecule has 21 heavy (non-hydrogen) atoms. The lowest BCUT2D eigenvalue weighted by Crippen LogP contribution is -2.64. The molecule has 0 bridgehead atoms. The van der Waals surface area contributed by atoms with Crippen LogP contribution in [-0.4, -0.2) is 29.6 Å². The fraction of sp³-hybridized carbons (Fsp3) is 0.647. The molecule has 4 heteroatoms. The van der Waals surface area contributed by atoms with Crippen LogP contribution < -0.4 is 5.32 Å². The molecule has 1 aliphatic heterocycles. The van der Waals surface area contributed by atoms with Gasteiger partial charge in [-0.25, -0.2) is 4.39 Å². The van der Waals surface area contributed by atoms with Crippen LogP contribution in [0.4, 0.5) is 4.39 Å². The van der Waals surface area contributed by atoms with E-state index < -0.39 is 0 Å². The third kappa shape index (κ3) is 4.05.